The molecule has 0 spiro atoms. The van der Waals surface area contributed by atoms with E-state index < -0.39 is 0 Å². The summed E-state index contributed by atoms with van der Waals surface area (Å²) in [6, 6.07) is 5.08. The van der Waals surface area contributed by atoms with Gasteiger partial charge in [0, 0.05) is 11.5 Å². The second-order valence-electron chi connectivity index (χ2n) is 2.67. The van der Waals surface area contributed by atoms with Crippen molar-refractivity contribution in [2.75, 3.05) is 0 Å². The summed E-state index contributed by atoms with van der Waals surface area (Å²) < 4.78 is 5.26. The average molecular weight is 217 g/mol. The Morgan fingerprint density at radius 1 is 1.15 bits per heavy atom. The normalized spacial score (nSPS) is 11.0. The van der Waals surface area contributed by atoms with Crippen LogP contribution in [0.25, 0.3) is 11.0 Å². The topological polar surface area (TPSA) is 33.4 Å². The van der Waals surface area contributed by atoms with E-state index in [0.717, 1.165) is 5.39 Å². The summed E-state index contributed by atoms with van der Waals surface area (Å²) in [4.78, 5) is 0. The Morgan fingerprint density at radius 3 is 2.54 bits per heavy atom. The number of rotatable bonds is 1. The molecule has 0 radical (unpaired) electrons. The van der Waals surface area contributed by atoms with Gasteiger partial charge in [0.15, 0.2) is 0 Å². The summed E-state index contributed by atoms with van der Waals surface area (Å²) in [6.07, 6.45) is 0. The minimum absolute atomic E-state index is 0.121. The Balaban J connectivity index is 2.70. The molecule has 1 heterocycles. The lowest BCUT2D eigenvalue weighted by molar-refractivity contribution is 0.251. The molecule has 0 aliphatic heterocycles. The zero-order valence-electron chi connectivity index (χ0n) is 6.55. The Morgan fingerprint density at radius 2 is 1.85 bits per heavy atom. The molecular weight excluding hydrogens is 211 g/mol. The summed E-state index contributed by atoms with van der Waals surface area (Å²) in [5.41, 5.74) is 0.637. The monoisotopic (exact) mass is 216 g/mol. The molecule has 68 valence electrons. The van der Waals surface area contributed by atoms with E-state index in [1.54, 1.807) is 18.2 Å². The minimum Gasteiger partial charge on any atom is -0.459 e. The maximum atomic E-state index is 8.82. The third kappa shape index (κ3) is 1.53. The predicted octanol–water partition coefficient (Wildman–Crippen LogP) is 3.23. The Labute approximate surface area is 84.7 Å². The summed E-state index contributed by atoms with van der Waals surface area (Å²) in [6.45, 7) is -0.121. The largest absolute Gasteiger partial charge is 0.459 e. The van der Waals surface area contributed by atoms with E-state index in [4.69, 9.17) is 32.7 Å². The van der Waals surface area contributed by atoms with Gasteiger partial charge in [-0.15, -0.1) is 0 Å². The van der Waals surface area contributed by atoms with Crippen molar-refractivity contribution >= 4 is 34.2 Å². The van der Waals surface area contributed by atoms with Crippen LogP contribution in [0.1, 0.15) is 5.76 Å². The van der Waals surface area contributed by atoms with E-state index in [0.29, 0.717) is 21.4 Å². The Bertz CT molecular complexity index is 409. The molecule has 0 unspecified atom stereocenters. The van der Waals surface area contributed by atoms with E-state index in [1.807, 2.05) is 0 Å². The maximum Gasteiger partial charge on any atom is 0.135 e. The van der Waals surface area contributed by atoms with Crippen LogP contribution >= 0.6 is 23.2 Å². The van der Waals surface area contributed by atoms with E-state index in [9.17, 15) is 0 Å². The fraction of sp³-hybridized carbons (Fsp3) is 0.111. The summed E-state index contributed by atoms with van der Waals surface area (Å²) in [5, 5.41) is 10.6. The molecular formula is C9H6Cl2O2. The number of halogens is 2. The minimum atomic E-state index is -0.121. The molecule has 0 bridgehead atoms. The summed E-state index contributed by atoms with van der Waals surface area (Å²) in [5.74, 6) is 0.508. The van der Waals surface area contributed by atoms with Gasteiger partial charge < -0.3 is 9.52 Å². The first-order chi connectivity index (χ1) is 6.20. The molecule has 0 atom stereocenters. The lowest BCUT2D eigenvalue weighted by atomic mass is 10.2. The van der Waals surface area contributed by atoms with Crippen LogP contribution in [0.4, 0.5) is 0 Å². The van der Waals surface area contributed by atoms with E-state index in [1.165, 1.54) is 0 Å². The smallest absolute Gasteiger partial charge is 0.135 e. The molecule has 4 heteroatoms. The van der Waals surface area contributed by atoms with Crippen LogP contribution in [0.3, 0.4) is 0 Å². The number of hydrogen-bond acceptors (Lipinski definition) is 2. The van der Waals surface area contributed by atoms with Gasteiger partial charge in [-0.3, -0.25) is 0 Å². The average Bonchev–Trinajstić information content (AvgIpc) is 2.48. The lowest BCUT2D eigenvalue weighted by Gasteiger charge is -1.93. The first-order valence-corrected chi connectivity index (χ1v) is 4.44. The van der Waals surface area contributed by atoms with Crippen LogP contribution in [0.2, 0.25) is 10.0 Å². The highest BCUT2D eigenvalue weighted by Crippen LogP contribution is 2.29. The third-order valence-electron chi connectivity index (χ3n) is 1.77. The highest BCUT2D eigenvalue weighted by atomic mass is 35.5. The molecule has 0 saturated heterocycles. The van der Waals surface area contributed by atoms with Crippen molar-refractivity contribution in [3.8, 4) is 0 Å². The zero-order chi connectivity index (χ0) is 9.42. The highest BCUT2D eigenvalue weighted by Gasteiger charge is 2.06. The first kappa shape index (κ1) is 8.88. The molecule has 2 rings (SSSR count). The molecule has 1 aromatic heterocycles. The molecule has 1 N–H and O–H groups in total. The van der Waals surface area contributed by atoms with Gasteiger partial charge >= 0.3 is 0 Å². The lowest BCUT2D eigenvalue weighted by Crippen LogP contribution is -1.72. The SMILES string of the molecule is OCc1cc2cc(Cl)c(Cl)cc2o1. The Kier molecular flexibility index (Phi) is 2.20. The molecule has 1 aromatic carbocycles. The van der Waals surface area contributed by atoms with Crippen molar-refractivity contribution in [3.63, 3.8) is 0 Å². The Hall–Kier alpha value is -0.700. The summed E-state index contributed by atoms with van der Waals surface area (Å²) >= 11 is 11.6. The fourth-order valence-corrected chi connectivity index (χ4v) is 1.49. The zero-order valence-corrected chi connectivity index (χ0v) is 8.06. The van der Waals surface area contributed by atoms with Crippen LogP contribution in [-0.2, 0) is 6.61 Å². The third-order valence-corrected chi connectivity index (χ3v) is 2.49. The van der Waals surface area contributed by atoms with Gasteiger partial charge in [-0.25, -0.2) is 0 Å². The van der Waals surface area contributed by atoms with Crippen molar-refractivity contribution < 1.29 is 9.52 Å². The van der Waals surface area contributed by atoms with Gasteiger partial charge in [-0.2, -0.15) is 0 Å². The van der Waals surface area contributed by atoms with Gasteiger partial charge in [-0.05, 0) is 12.1 Å². The van der Waals surface area contributed by atoms with Crippen molar-refractivity contribution in [2.45, 2.75) is 6.61 Å². The number of hydrogen-bond donors (Lipinski definition) is 1. The van der Waals surface area contributed by atoms with E-state index >= 15 is 0 Å². The fourth-order valence-electron chi connectivity index (χ4n) is 1.17. The number of aliphatic hydroxyl groups excluding tert-OH is 1. The van der Waals surface area contributed by atoms with Crippen LogP contribution < -0.4 is 0 Å². The van der Waals surface area contributed by atoms with Gasteiger partial charge in [0.05, 0.1) is 10.0 Å². The molecule has 0 saturated carbocycles. The van der Waals surface area contributed by atoms with Crippen LogP contribution in [0, 0.1) is 0 Å². The van der Waals surface area contributed by atoms with Crippen LogP contribution in [0.5, 0.6) is 0 Å². The number of fused-ring (bicyclic) bond motifs is 1. The van der Waals surface area contributed by atoms with Gasteiger partial charge in [-0.1, -0.05) is 23.2 Å². The number of benzene rings is 1. The maximum absolute atomic E-state index is 8.82. The van der Waals surface area contributed by atoms with Crippen LogP contribution in [0.15, 0.2) is 22.6 Å². The summed E-state index contributed by atoms with van der Waals surface area (Å²) in [7, 11) is 0. The second kappa shape index (κ2) is 3.22. The van der Waals surface area contributed by atoms with Crippen molar-refractivity contribution in [2.24, 2.45) is 0 Å². The molecule has 2 aromatic rings. The second-order valence-corrected chi connectivity index (χ2v) is 3.49. The van der Waals surface area contributed by atoms with E-state index in [-0.39, 0.29) is 6.61 Å². The van der Waals surface area contributed by atoms with Crippen LogP contribution in [-0.4, -0.2) is 5.11 Å². The van der Waals surface area contributed by atoms with Crippen molar-refractivity contribution in [3.05, 3.63) is 34.0 Å². The van der Waals surface area contributed by atoms with Crippen molar-refractivity contribution in [1.82, 2.24) is 0 Å². The molecule has 2 nitrogen and oxygen atoms in total. The van der Waals surface area contributed by atoms with Gasteiger partial charge in [0.25, 0.3) is 0 Å². The number of furan rings is 1. The predicted molar refractivity (Wildman–Crippen MR) is 52.2 cm³/mol. The molecule has 0 fully saturated rings. The highest BCUT2D eigenvalue weighted by molar-refractivity contribution is 6.42. The molecule has 0 aliphatic carbocycles. The first-order valence-electron chi connectivity index (χ1n) is 3.69. The number of aliphatic hydroxyl groups is 1. The van der Waals surface area contributed by atoms with Gasteiger partial charge in [0.1, 0.15) is 18.0 Å². The van der Waals surface area contributed by atoms with E-state index in [2.05, 4.69) is 0 Å². The van der Waals surface area contributed by atoms with Crippen molar-refractivity contribution in [1.29, 1.82) is 0 Å². The quantitative estimate of drug-likeness (QED) is 0.795. The standard InChI is InChI=1S/C9H6Cl2O2/c10-7-2-5-1-6(4-12)13-9(5)3-8(7)11/h1-3,12H,4H2. The molecule has 13 heavy (non-hydrogen) atoms. The molecule has 0 aliphatic rings. The van der Waals surface area contributed by atoms with Gasteiger partial charge in [0.2, 0.25) is 0 Å². The molecule has 0 amide bonds.